The minimum atomic E-state index is 0.185. The standard InChI is InChI=1S/C15H31N3O/c1-3-4-5-6-8-14(2)17-15(19)13-18-11-7-9-16-10-12-18/h14,16H,3-13H2,1-2H3,(H,17,19). The third-order valence-corrected chi connectivity index (χ3v) is 3.70. The lowest BCUT2D eigenvalue weighted by atomic mass is 10.1. The second-order valence-electron chi connectivity index (χ2n) is 5.70. The Balaban J connectivity index is 2.11. The lowest BCUT2D eigenvalue weighted by Gasteiger charge is -2.20. The Morgan fingerprint density at radius 3 is 2.89 bits per heavy atom. The van der Waals surface area contributed by atoms with E-state index >= 15 is 0 Å². The monoisotopic (exact) mass is 269 g/mol. The number of rotatable bonds is 8. The summed E-state index contributed by atoms with van der Waals surface area (Å²) in [6.07, 6.45) is 7.33. The van der Waals surface area contributed by atoms with E-state index < -0.39 is 0 Å². The lowest BCUT2D eigenvalue weighted by Crippen LogP contribution is -2.42. The van der Waals surface area contributed by atoms with Crippen molar-refractivity contribution in [2.75, 3.05) is 32.7 Å². The number of nitrogens with one attached hydrogen (secondary N) is 2. The number of carbonyl (C=O) groups excluding carboxylic acids is 1. The fourth-order valence-corrected chi connectivity index (χ4v) is 2.53. The maximum atomic E-state index is 11.9. The van der Waals surface area contributed by atoms with E-state index in [0.717, 1.165) is 39.0 Å². The summed E-state index contributed by atoms with van der Waals surface area (Å²) in [6, 6.07) is 0.314. The third kappa shape index (κ3) is 8.22. The minimum absolute atomic E-state index is 0.185. The summed E-state index contributed by atoms with van der Waals surface area (Å²) in [6.45, 7) is 8.99. The molecule has 1 saturated heterocycles. The molecule has 0 aromatic heterocycles. The molecule has 112 valence electrons. The van der Waals surface area contributed by atoms with Crippen molar-refractivity contribution < 1.29 is 4.79 Å². The molecule has 0 spiro atoms. The molecule has 1 atom stereocenters. The van der Waals surface area contributed by atoms with Crippen LogP contribution >= 0.6 is 0 Å². The molecular formula is C15H31N3O. The van der Waals surface area contributed by atoms with Crippen molar-refractivity contribution in [3.8, 4) is 0 Å². The Morgan fingerprint density at radius 2 is 2.11 bits per heavy atom. The molecule has 0 aromatic rings. The van der Waals surface area contributed by atoms with E-state index in [0.29, 0.717) is 12.6 Å². The van der Waals surface area contributed by atoms with E-state index in [2.05, 4.69) is 29.4 Å². The van der Waals surface area contributed by atoms with Crippen LogP contribution in [0.3, 0.4) is 0 Å². The summed E-state index contributed by atoms with van der Waals surface area (Å²) < 4.78 is 0. The third-order valence-electron chi connectivity index (χ3n) is 3.70. The van der Waals surface area contributed by atoms with Gasteiger partial charge in [-0.1, -0.05) is 32.6 Å². The molecule has 1 aliphatic rings. The maximum absolute atomic E-state index is 11.9. The molecule has 1 fully saturated rings. The molecule has 0 saturated carbocycles. The lowest BCUT2D eigenvalue weighted by molar-refractivity contribution is -0.122. The first-order chi connectivity index (χ1) is 9.22. The van der Waals surface area contributed by atoms with Crippen LogP contribution in [0.15, 0.2) is 0 Å². The van der Waals surface area contributed by atoms with Crippen LogP contribution in [0.4, 0.5) is 0 Å². The van der Waals surface area contributed by atoms with Crippen LogP contribution in [0.2, 0.25) is 0 Å². The summed E-state index contributed by atoms with van der Waals surface area (Å²) in [5.74, 6) is 0.185. The average Bonchev–Trinajstić information content (AvgIpc) is 2.63. The number of unbranched alkanes of at least 4 members (excludes halogenated alkanes) is 3. The maximum Gasteiger partial charge on any atom is 0.234 e. The van der Waals surface area contributed by atoms with E-state index in [1.165, 1.54) is 25.7 Å². The smallest absolute Gasteiger partial charge is 0.234 e. The fraction of sp³-hybridized carbons (Fsp3) is 0.933. The van der Waals surface area contributed by atoms with Gasteiger partial charge in [-0.2, -0.15) is 0 Å². The van der Waals surface area contributed by atoms with E-state index in [9.17, 15) is 4.79 Å². The molecule has 0 bridgehead atoms. The minimum Gasteiger partial charge on any atom is -0.353 e. The van der Waals surface area contributed by atoms with Crippen LogP contribution in [0.25, 0.3) is 0 Å². The highest BCUT2D eigenvalue weighted by molar-refractivity contribution is 5.78. The normalized spacial score (nSPS) is 18.8. The van der Waals surface area contributed by atoms with Crippen molar-refractivity contribution in [1.82, 2.24) is 15.5 Å². The molecule has 1 unspecified atom stereocenters. The van der Waals surface area contributed by atoms with E-state index in [1.54, 1.807) is 0 Å². The van der Waals surface area contributed by atoms with Crippen LogP contribution in [0.5, 0.6) is 0 Å². The molecule has 1 rings (SSSR count). The molecule has 0 aromatic carbocycles. The summed E-state index contributed by atoms with van der Waals surface area (Å²) in [5, 5.41) is 6.48. The highest BCUT2D eigenvalue weighted by Crippen LogP contribution is 2.05. The summed E-state index contributed by atoms with van der Waals surface area (Å²) in [7, 11) is 0. The van der Waals surface area contributed by atoms with Gasteiger partial charge < -0.3 is 10.6 Å². The van der Waals surface area contributed by atoms with Crippen molar-refractivity contribution >= 4 is 5.91 Å². The highest BCUT2D eigenvalue weighted by atomic mass is 16.2. The Bertz CT molecular complexity index is 238. The first kappa shape index (κ1) is 16.4. The quantitative estimate of drug-likeness (QED) is 0.660. The van der Waals surface area contributed by atoms with Gasteiger partial charge in [0.25, 0.3) is 0 Å². The number of hydrogen-bond donors (Lipinski definition) is 2. The fourth-order valence-electron chi connectivity index (χ4n) is 2.53. The zero-order valence-corrected chi connectivity index (χ0v) is 12.7. The molecule has 4 nitrogen and oxygen atoms in total. The van der Waals surface area contributed by atoms with Crippen LogP contribution in [0, 0.1) is 0 Å². The van der Waals surface area contributed by atoms with Gasteiger partial charge in [0, 0.05) is 19.1 Å². The zero-order valence-electron chi connectivity index (χ0n) is 12.7. The van der Waals surface area contributed by atoms with Crippen molar-refractivity contribution in [3.05, 3.63) is 0 Å². The number of amides is 1. The van der Waals surface area contributed by atoms with Crippen molar-refractivity contribution in [1.29, 1.82) is 0 Å². The summed E-state index contributed by atoms with van der Waals surface area (Å²) in [4.78, 5) is 14.2. The van der Waals surface area contributed by atoms with E-state index in [-0.39, 0.29) is 5.91 Å². The zero-order chi connectivity index (χ0) is 13.9. The number of carbonyl (C=O) groups is 1. The van der Waals surface area contributed by atoms with Gasteiger partial charge in [-0.15, -0.1) is 0 Å². The predicted octanol–water partition coefficient (Wildman–Crippen LogP) is 1.76. The Kier molecular flexibility index (Phi) is 8.84. The van der Waals surface area contributed by atoms with Crippen molar-refractivity contribution in [2.45, 2.75) is 58.4 Å². The van der Waals surface area contributed by atoms with Gasteiger partial charge in [0.1, 0.15) is 0 Å². The molecule has 1 heterocycles. The second-order valence-corrected chi connectivity index (χ2v) is 5.70. The van der Waals surface area contributed by atoms with Gasteiger partial charge in [-0.3, -0.25) is 9.69 Å². The highest BCUT2D eigenvalue weighted by Gasteiger charge is 2.13. The molecule has 19 heavy (non-hydrogen) atoms. The van der Waals surface area contributed by atoms with Crippen LogP contribution in [0.1, 0.15) is 52.4 Å². The molecular weight excluding hydrogens is 238 g/mol. The van der Waals surface area contributed by atoms with Gasteiger partial charge in [0.15, 0.2) is 0 Å². The van der Waals surface area contributed by atoms with Gasteiger partial charge in [0.2, 0.25) is 5.91 Å². The molecule has 0 aliphatic carbocycles. The summed E-state index contributed by atoms with van der Waals surface area (Å²) >= 11 is 0. The molecule has 1 aliphatic heterocycles. The number of nitrogens with zero attached hydrogens (tertiary/aromatic N) is 1. The topological polar surface area (TPSA) is 44.4 Å². The molecule has 2 N–H and O–H groups in total. The molecule has 4 heteroatoms. The first-order valence-electron chi connectivity index (χ1n) is 7.94. The Hall–Kier alpha value is -0.610. The SMILES string of the molecule is CCCCCCC(C)NC(=O)CN1CCCNCC1. The second kappa shape index (κ2) is 10.2. The van der Waals surface area contributed by atoms with Crippen LogP contribution in [-0.2, 0) is 4.79 Å². The molecule has 0 radical (unpaired) electrons. The van der Waals surface area contributed by atoms with Crippen LogP contribution < -0.4 is 10.6 Å². The van der Waals surface area contributed by atoms with E-state index in [4.69, 9.17) is 0 Å². The first-order valence-corrected chi connectivity index (χ1v) is 7.94. The number of hydrogen-bond acceptors (Lipinski definition) is 3. The largest absolute Gasteiger partial charge is 0.353 e. The Morgan fingerprint density at radius 1 is 1.26 bits per heavy atom. The van der Waals surface area contributed by atoms with Gasteiger partial charge in [-0.25, -0.2) is 0 Å². The van der Waals surface area contributed by atoms with E-state index in [1.807, 2.05) is 0 Å². The van der Waals surface area contributed by atoms with Crippen molar-refractivity contribution in [2.24, 2.45) is 0 Å². The van der Waals surface area contributed by atoms with Gasteiger partial charge >= 0.3 is 0 Å². The average molecular weight is 269 g/mol. The van der Waals surface area contributed by atoms with Crippen LogP contribution in [-0.4, -0.2) is 49.6 Å². The van der Waals surface area contributed by atoms with Gasteiger partial charge in [-0.05, 0) is 32.9 Å². The predicted molar refractivity (Wildman–Crippen MR) is 80.3 cm³/mol. The van der Waals surface area contributed by atoms with Gasteiger partial charge in [0.05, 0.1) is 6.54 Å². The Labute approximate surface area is 118 Å². The molecule has 1 amide bonds. The summed E-state index contributed by atoms with van der Waals surface area (Å²) in [5.41, 5.74) is 0. The van der Waals surface area contributed by atoms with Crippen molar-refractivity contribution in [3.63, 3.8) is 0 Å².